The van der Waals surface area contributed by atoms with Crippen LogP contribution in [-0.2, 0) is 6.54 Å². The second-order valence-electron chi connectivity index (χ2n) is 8.04. The lowest BCUT2D eigenvalue weighted by Gasteiger charge is -2.36. The average Bonchev–Trinajstić information content (AvgIpc) is 2.77. The van der Waals surface area contributed by atoms with Crippen LogP contribution >= 0.6 is 0 Å². The Morgan fingerprint density at radius 1 is 1.03 bits per heavy atom. The number of hydrogen-bond acceptors (Lipinski definition) is 6. The number of carbonyl (C=O) groups excluding carboxylic acids is 1. The highest BCUT2D eigenvalue weighted by Crippen LogP contribution is 2.23. The van der Waals surface area contributed by atoms with Crippen molar-refractivity contribution < 1.29 is 4.79 Å². The first kappa shape index (κ1) is 21.0. The molecule has 3 heterocycles. The molecule has 0 atom stereocenters. The summed E-state index contributed by atoms with van der Waals surface area (Å²) in [5, 5.41) is 2.61. The molecule has 0 unspecified atom stereocenters. The van der Waals surface area contributed by atoms with Crippen molar-refractivity contribution in [1.29, 1.82) is 0 Å². The molecule has 1 aliphatic rings. The molecule has 2 aromatic heterocycles. The van der Waals surface area contributed by atoms with Crippen LogP contribution in [0.1, 0.15) is 33.0 Å². The van der Waals surface area contributed by atoms with Crippen LogP contribution in [0.15, 0.2) is 29.1 Å². The van der Waals surface area contributed by atoms with E-state index >= 15 is 0 Å². The van der Waals surface area contributed by atoms with Gasteiger partial charge in [0.05, 0.1) is 22.4 Å². The van der Waals surface area contributed by atoms with Crippen LogP contribution in [0.2, 0.25) is 0 Å². The van der Waals surface area contributed by atoms with Crippen molar-refractivity contribution in [2.75, 3.05) is 38.1 Å². The van der Waals surface area contributed by atoms with Crippen LogP contribution in [0, 0.1) is 20.8 Å². The number of rotatable bonds is 4. The van der Waals surface area contributed by atoms with E-state index in [1.54, 1.807) is 20.0 Å². The molecule has 8 nitrogen and oxygen atoms in total. The average molecular weight is 421 g/mol. The van der Waals surface area contributed by atoms with Gasteiger partial charge in [0.15, 0.2) is 0 Å². The molecule has 0 saturated carbocycles. The number of amides is 1. The first-order valence-corrected chi connectivity index (χ1v) is 10.5. The molecule has 31 heavy (non-hydrogen) atoms. The third-order valence-electron chi connectivity index (χ3n) is 6.04. The number of carbonyl (C=O) groups is 1. The van der Waals surface area contributed by atoms with Gasteiger partial charge in [0.25, 0.3) is 11.5 Å². The third-order valence-corrected chi connectivity index (χ3v) is 6.04. The fourth-order valence-corrected chi connectivity index (χ4v) is 4.13. The summed E-state index contributed by atoms with van der Waals surface area (Å²) in [5.74, 6) is -0.170. The van der Waals surface area contributed by atoms with E-state index in [9.17, 15) is 9.59 Å². The molecule has 2 N–H and O–H groups in total. The quantitative estimate of drug-likeness (QED) is 0.670. The number of piperazine rings is 1. The van der Waals surface area contributed by atoms with Crippen LogP contribution in [0.4, 0.5) is 5.69 Å². The van der Waals surface area contributed by atoms with Crippen LogP contribution < -0.4 is 15.8 Å². The largest absolute Gasteiger partial charge is 0.368 e. The molecule has 1 amide bonds. The Bertz CT molecular complexity index is 1190. The summed E-state index contributed by atoms with van der Waals surface area (Å²) in [4.78, 5) is 40.4. The Morgan fingerprint density at radius 3 is 2.45 bits per heavy atom. The SMILES string of the molecule is CNC(=O)c1ccc(N2CCN(Cc3ccc4nc(C)c(=O)[nH]c4c3C)CC2)c(C)n1. The van der Waals surface area contributed by atoms with Gasteiger partial charge >= 0.3 is 0 Å². The highest BCUT2D eigenvalue weighted by Gasteiger charge is 2.20. The minimum atomic E-state index is -0.170. The topological polar surface area (TPSA) is 94.2 Å². The van der Waals surface area contributed by atoms with Crippen molar-refractivity contribution in [2.45, 2.75) is 27.3 Å². The van der Waals surface area contributed by atoms with E-state index in [0.29, 0.717) is 11.4 Å². The molecular weight excluding hydrogens is 392 g/mol. The highest BCUT2D eigenvalue weighted by molar-refractivity contribution is 5.92. The molecule has 8 heteroatoms. The smallest absolute Gasteiger partial charge is 0.269 e. The molecule has 1 fully saturated rings. The molecule has 4 rings (SSSR count). The fraction of sp³-hybridized carbons (Fsp3) is 0.391. The van der Waals surface area contributed by atoms with Crippen molar-refractivity contribution >= 4 is 22.6 Å². The van der Waals surface area contributed by atoms with Gasteiger partial charge in [-0.2, -0.15) is 0 Å². The molecule has 0 bridgehead atoms. The van der Waals surface area contributed by atoms with Gasteiger partial charge in [0.2, 0.25) is 0 Å². The summed E-state index contributed by atoms with van der Waals surface area (Å²) in [5.41, 5.74) is 6.67. The van der Waals surface area contributed by atoms with E-state index in [2.05, 4.69) is 36.1 Å². The van der Waals surface area contributed by atoms with E-state index in [1.165, 1.54) is 5.56 Å². The summed E-state index contributed by atoms with van der Waals surface area (Å²) in [6.45, 7) is 10.2. The Balaban J connectivity index is 1.45. The predicted octanol–water partition coefficient (Wildman–Crippen LogP) is 1.93. The highest BCUT2D eigenvalue weighted by atomic mass is 16.1. The number of fused-ring (bicyclic) bond motifs is 1. The number of aryl methyl sites for hydroxylation is 3. The fourth-order valence-electron chi connectivity index (χ4n) is 4.13. The number of nitrogens with zero attached hydrogens (tertiary/aromatic N) is 4. The van der Waals surface area contributed by atoms with E-state index in [0.717, 1.165) is 60.7 Å². The zero-order chi connectivity index (χ0) is 22.1. The number of hydrogen-bond donors (Lipinski definition) is 2. The van der Waals surface area contributed by atoms with Gasteiger partial charge in [0.1, 0.15) is 11.4 Å². The minimum Gasteiger partial charge on any atom is -0.368 e. The number of aromatic amines is 1. The maximum atomic E-state index is 12.0. The monoisotopic (exact) mass is 420 g/mol. The van der Waals surface area contributed by atoms with Gasteiger partial charge < -0.3 is 15.2 Å². The van der Waals surface area contributed by atoms with Gasteiger partial charge in [-0.05, 0) is 50.1 Å². The third kappa shape index (κ3) is 4.16. The lowest BCUT2D eigenvalue weighted by molar-refractivity contribution is 0.0958. The minimum absolute atomic E-state index is 0.132. The van der Waals surface area contributed by atoms with E-state index in [-0.39, 0.29) is 11.5 Å². The van der Waals surface area contributed by atoms with Crippen LogP contribution in [0.5, 0.6) is 0 Å². The number of aromatic nitrogens is 3. The number of H-pyrrole nitrogens is 1. The normalized spacial score (nSPS) is 14.8. The first-order chi connectivity index (χ1) is 14.9. The number of pyridine rings is 1. The molecule has 0 radical (unpaired) electrons. The standard InChI is InChI=1S/C23H28N6O2/c1-14-17(5-6-18-21(14)27-22(30)16(3)26-18)13-28-9-11-29(12-10-28)20-8-7-19(23(31)24-4)25-15(20)2/h5-8H,9-13H2,1-4H3,(H,24,31)(H,27,30). The lowest BCUT2D eigenvalue weighted by atomic mass is 10.1. The van der Waals surface area contributed by atoms with E-state index in [4.69, 9.17) is 0 Å². The molecule has 1 saturated heterocycles. The number of benzene rings is 1. The van der Waals surface area contributed by atoms with Crippen LogP contribution in [0.25, 0.3) is 11.0 Å². The lowest BCUT2D eigenvalue weighted by Crippen LogP contribution is -2.46. The summed E-state index contributed by atoms with van der Waals surface area (Å²) in [7, 11) is 1.61. The van der Waals surface area contributed by atoms with Crippen molar-refractivity contribution in [3.8, 4) is 0 Å². The van der Waals surface area contributed by atoms with E-state index in [1.807, 2.05) is 26.0 Å². The molecule has 0 spiro atoms. The van der Waals surface area contributed by atoms with Gasteiger partial charge in [-0.25, -0.2) is 9.97 Å². The zero-order valence-electron chi connectivity index (χ0n) is 18.5. The van der Waals surface area contributed by atoms with E-state index < -0.39 is 0 Å². The maximum absolute atomic E-state index is 12.0. The Hall–Kier alpha value is -3.26. The van der Waals surface area contributed by atoms with Gasteiger partial charge in [-0.15, -0.1) is 0 Å². The summed E-state index contributed by atoms with van der Waals surface area (Å²) in [6.07, 6.45) is 0. The van der Waals surface area contributed by atoms with Gasteiger partial charge in [-0.3, -0.25) is 14.5 Å². The first-order valence-electron chi connectivity index (χ1n) is 10.5. The molecular formula is C23H28N6O2. The molecule has 3 aromatic rings. The second-order valence-corrected chi connectivity index (χ2v) is 8.04. The molecule has 1 aliphatic heterocycles. The Kier molecular flexibility index (Phi) is 5.73. The number of anilines is 1. The van der Waals surface area contributed by atoms with Crippen LogP contribution in [0.3, 0.4) is 0 Å². The molecule has 162 valence electrons. The van der Waals surface area contributed by atoms with Crippen LogP contribution in [-0.4, -0.2) is 59.0 Å². The summed E-state index contributed by atoms with van der Waals surface area (Å²) < 4.78 is 0. The molecule has 1 aromatic carbocycles. The Labute approximate surface area is 181 Å². The van der Waals surface area contributed by atoms with Gasteiger partial charge in [0, 0.05) is 39.8 Å². The van der Waals surface area contributed by atoms with Crippen molar-refractivity contribution in [2.24, 2.45) is 0 Å². The van der Waals surface area contributed by atoms with Crippen molar-refractivity contribution in [1.82, 2.24) is 25.2 Å². The zero-order valence-corrected chi connectivity index (χ0v) is 18.5. The number of nitrogens with one attached hydrogen (secondary N) is 2. The molecule has 0 aliphatic carbocycles. The summed E-state index contributed by atoms with van der Waals surface area (Å²) >= 11 is 0. The Morgan fingerprint density at radius 2 is 1.77 bits per heavy atom. The van der Waals surface area contributed by atoms with Crippen molar-refractivity contribution in [3.63, 3.8) is 0 Å². The van der Waals surface area contributed by atoms with Crippen molar-refractivity contribution in [3.05, 3.63) is 62.8 Å². The predicted molar refractivity (Wildman–Crippen MR) is 122 cm³/mol. The second kappa shape index (κ2) is 8.47. The summed E-state index contributed by atoms with van der Waals surface area (Å²) in [6, 6.07) is 7.87. The van der Waals surface area contributed by atoms with Gasteiger partial charge in [-0.1, -0.05) is 6.07 Å². The maximum Gasteiger partial charge on any atom is 0.269 e.